The summed E-state index contributed by atoms with van der Waals surface area (Å²) in [6.07, 6.45) is 1.27. The van der Waals surface area contributed by atoms with Gasteiger partial charge in [0.1, 0.15) is 5.69 Å². The smallest absolute Gasteiger partial charge is 0.276 e. The molecule has 1 heterocycles. The summed E-state index contributed by atoms with van der Waals surface area (Å²) in [5.41, 5.74) is 1.48. The summed E-state index contributed by atoms with van der Waals surface area (Å²) in [6, 6.07) is 13.1. The molecule has 0 radical (unpaired) electrons. The van der Waals surface area contributed by atoms with Crippen molar-refractivity contribution in [3.05, 3.63) is 76.8 Å². The van der Waals surface area contributed by atoms with Crippen LogP contribution in [-0.4, -0.2) is 34.7 Å². The Morgan fingerprint density at radius 2 is 1.64 bits per heavy atom. The SMILES string of the molecule is CNC(=O)c1[nH]cnc1C(=O)Nc1ccc(C(=O)Nc2cccc(Cl)c2)cc1. The largest absolute Gasteiger partial charge is 0.354 e. The van der Waals surface area contributed by atoms with Crippen LogP contribution in [0.5, 0.6) is 0 Å². The molecule has 9 heteroatoms. The Kier molecular flexibility index (Phi) is 5.71. The molecule has 0 atom stereocenters. The monoisotopic (exact) mass is 397 g/mol. The first kappa shape index (κ1) is 19.1. The molecule has 0 spiro atoms. The van der Waals surface area contributed by atoms with Crippen LogP contribution in [0, 0.1) is 0 Å². The van der Waals surface area contributed by atoms with Crippen molar-refractivity contribution in [1.82, 2.24) is 15.3 Å². The van der Waals surface area contributed by atoms with Gasteiger partial charge in [-0.2, -0.15) is 0 Å². The van der Waals surface area contributed by atoms with Crippen molar-refractivity contribution >= 4 is 40.7 Å². The fraction of sp³-hybridized carbons (Fsp3) is 0.0526. The van der Waals surface area contributed by atoms with Crippen LogP contribution in [0.4, 0.5) is 11.4 Å². The molecule has 3 amide bonds. The van der Waals surface area contributed by atoms with Crippen molar-refractivity contribution in [2.45, 2.75) is 0 Å². The third-order valence-corrected chi connectivity index (χ3v) is 4.03. The van der Waals surface area contributed by atoms with Crippen molar-refractivity contribution in [1.29, 1.82) is 0 Å². The van der Waals surface area contributed by atoms with Gasteiger partial charge in [-0.05, 0) is 42.5 Å². The van der Waals surface area contributed by atoms with Gasteiger partial charge in [-0.25, -0.2) is 4.98 Å². The third-order valence-electron chi connectivity index (χ3n) is 3.80. The van der Waals surface area contributed by atoms with Gasteiger partial charge < -0.3 is 20.9 Å². The van der Waals surface area contributed by atoms with Crippen LogP contribution in [0.15, 0.2) is 54.9 Å². The van der Waals surface area contributed by atoms with Gasteiger partial charge in [0.05, 0.1) is 6.33 Å². The van der Waals surface area contributed by atoms with E-state index in [-0.39, 0.29) is 17.3 Å². The number of nitrogens with one attached hydrogen (secondary N) is 4. The number of carbonyl (C=O) groups is 3. The average molecular weight is 398 g/mol. The van der Waals surface area contributed by atoms with Crippen LogP contribution >= 0.6 is 11.6 Å². The molecular weight excluding hydrogens is 382 g/mol. The number of carbonyl (C=O) groups excluding carboxylic acids is 3. The number of amides is 3. The molecule has 3 rings (SSSR count). The van der Waals surface area contributed by atoms with E-state index in [2.05, 4.69) is 25.9 Å². The number of hydrogen-bond donors (Lipinski definition) is 4. The molecule has 142 valence electrons. The topological polar surface area (TPSA) is 116 Å². The van der Waals surface area contributed by atoms with E-state index in [1.807, 2.05) is 0 Å². The molecule has 0 bridgehead atoms. The number of nitrogens with zero attached hydrogens (tertiary/aromatic N) is 1. The number of aromatic nitrogens is 2. The molecule has 0 saturated heterocycles. The van der Waals surface area contributed by atoms with Gasteiger partial charge in [0.2, 0.25) is 0 Å². The van der Waals surface area contributed by atoms with E-state index < -0.39 is 11.8 Å². The van der Waals surface area contributed by atoms with Gasteiger partial charge in [-0.1, -0.05) is 17.7 Å². The highest BCUT2D eigenvalue weighted by molar-refractivity contribution is 6.31. The number of benzene rings is 2. The molecular formula is C19H16ClN5O3. The van der Waals surface area contributed by atoms with Crippen molar-refractivity contribution in [2.24, 2.45) is 0 Å². The van der Waals surface area contributed by atoms with Crippen LogP contribution in [0.1, 0.15) is 31.3 Å². The molecule has 0 unspecified atom stereocenters. The van der Waals surface area contributed by atoms with E-state index >= 15 is 0 Å². The Hall–Kier alpha value is -3.65. The zero-order valence-corrected chi connectivity index (χ0v) is 15.5. The molecule has 2 aromatic carbocycles. The predicted octanol–water partition coefficient (Wildman–Crippen LogP) is 2.93. The second kappa shape index (κ2) is 8.36. The molecule has 0 fully saturated rings. The number of hydrogen-bond acceptors (Lipinski definition) is 4. The second-order valence-electron chi connectivity index (χ2n) is 5.70. The molecule has 0 saturated carbocycles. The molecule has 1 aromatic heterocycles. The second-order valence-corrected chi connectivity index (χ2v) is 6.14. The lowest BCUT2D eigenvalue weighted by Gasteiger charge is -2.08. The number of halogens is 1. The summed E-state index contributed by atoms with van der Waals surface area (Å²) in [6.45, 7) is 0. The maximum atomic E-state index is 12.3. The Balaban J connectivity index is 1.67. The number of imidazole rings is 1. The average Bonchev–Trinajstić information content (AvgIpc) is 3.18. The molecule has 0 aliphatic rings. The highest BCUT2D eigenvalue weighted by Crippen LogP contribution is 2.17. The highest BCUT2D eigenvalue weighted by Gasteiger charge is 2.19. The van der Waals surface area contributed by atoms with E-state index in [1.165, 1.54) is 13.4 Å². The molecule has 0 aliphatic carbocycles. The van der Waals surface area contributed by atoms with Gasteiger partial charge in [0.25, 0.3) is 17.7 Å². The summed E-state index contributed by atoms with van der Waals surface area (Å²) in [5.74, 6) is -1.30. The maximum absolute atomic E-state index is 12.3. The van der Waals surface area contributed by atoms with Crippen LogP contribution in [0.3, 0.4) is 0 Å². The third kappa shape index (κ3) is 4.36. The van der Waals surface area contributed by atoms with E-state index in [4.69, 9.17) is 11.6 Å². The van der Waals surface area contributed by atoms with Crippen LogP contribution in [0.25, 0.3) is 0 Å². The van der Waals surface area contributed by atoms with E-state index in [9.17, 15) is 14.4 Å². The van der Waals surface area contributed by atoms with Crippen molar-refractivity contribution < 1.29 is 14.4 Å². The Morgan fingerprint density at radius 3 is 2.32 bits per heavy atom. The molecule has 0 aliphatic heterocycles. The van der Waals surface area contributed by atoms with Crippen LogP contribution in [0.2, 0.25) is 5.02 Å². The lowest BCUT2D eigenvalue weighted by molar-refractivity contribution is 0.0943. The van der Waals surface area contributed by atoms with Gasteiger partial charge in [0, 0.05) is 29.0 Å². The maximum Gasteiger partial charge on any atom is 0.276 e. The Bertz CT molecular complexity index is 1030. The lowest BCUT2D eigenvalue weighted by atomic mass is 10.2. The summed E-state index contributed by atoms with van der Waals surface area (Å²) in [5, 5.41) is 8.32. The zero-order chi connectivity index (χ0) is 20.1. The zero-order valence-electron chi connectivity index (χ0n) is 14.7. The van der Waals surface area contributed by atoms with Gasteiger partial charge in [-0.15, -0.1) is 0 Å². The van der Waals surface area contributed by atoms with Crippen molar-refractivity contribution in [3.8, 4) is 0 Å². The quantitative estimate of drug-likeness (QED) is 0.529. The molecule has 4 N–H and O–H groups in total. The van der Waals surface area contributed by atoms with E-state index in [0.717, 1.165) is 0 Å². The Morgan fingerprint density at radius 1 is 0.929 bits per heavy atom. The first-order chi connectivity index (χ1) is 13.5. The first-order valence-electron chi connectivity index (χ1n) is 8.21. The minimum atomic E-state index is -0.545. The molecule has 28 heavy (non-hydrogen) atoms. The number of H-pyrrole nitrogens is 1. The normalized spacial score (nSPS) is 10.2. The van der Waals surface area contributed by atoms with E-state index in [0.29, 0.717) is 22.0 Å². The van der Waals surface area contributed by atoms with Crippen LogP contribution in [-0.2, 0) is 0 Å². The molecule has 8 nitrogen and oxygen atoms in total. The Labute approximate surface area is 165 Å². The fourth-order valence-corrected chi connectivity index (χ4v) is 2.62. The fourth-order valence-electron chi connectivity index (χ4n) is 2.43. The van der Waals surface area contributed by atoms with Gasteiger partial charge in [-0.3, -0.25) is 14.4 Å². The standard InChI is InChI=1S/C19H16ClN5O3/c1-21-18(27)15-16(23-10-22-15)19(28)24-13-7-5-11(6-8-13)17(26)25-14-4-2-3-12(20)9-14/h2-10H,1H3,(H,21,27)(H,22,23)(H,24,28)(H,25,26). The molecule has 3 aromatic rings. The summed E-state index contributed by atoms with van der Waals surface area (Å²) in [4.78, 5) is 42.9. The minimum Gasteiger partial charge on any atom is -0.354 e. The summed E-state index contributed by atoms with van der Waals surface area (Å²) in [7, 11) is 1.46. The number of anilines is 2. The van der Waals surface area contributed by atoms with Gasteiger partial charge >= 0.3 is 0 Å². The van der Waals surface area contributed by atoms with E-state index in [1.54, 1.807) is 48.5 Å². The van der Waals surface area contributed by atoms with Crippen molar-refractivity contribution in [2.75, 3.05) is 17.7 Å². The van der Waals surface area contributed by atoms with Crippen molar-refractivity contribution in [3.63, 3.8) is 0 Å². The lowest BCUT2D eigenvalue weighted by Crippen LogP contribution is -2.23. The minimum absolute atomic E-state index is 0.0258. The predicted molar refractivity (Wildman–Crippen MR) is 106 cm³/mol. The van der Waals surface area contributed by atoms with Crippen LogP contribution < -0.4 is 16.0 Å². The number of rotatable bonds is 5. The first-order valence-corrected chi connectivity index (χ1v) is 8.59. The summed E-state index contributed by atoms with van der Waals surface area (Å²) < 4.78 is 0. The van der Waals surface area contributed by atoms with Gasteiger partial charge in [0.15, 0.2) is 5.69 Å². The highest BCUT2D eigenvalue weighted by atomic mass is 35.5. The number of aromatic amines is 1. The summed E-state index contributed by atoms with van der Waals surface area (Å²) >= 11 is 5.90.